The lowest BCUT2D eigenvalue weighted by Gasteiger charge is -2.30. The maximum atomic E-state index is 12.6. The van der Waals surface area contributed by atoms with Crippen LogP contribution in [0.3, 0.4) is 0 Å². The van der Waals surface area contributed by atoms with E-state index in [0.717, 1.165) is 57.7 Å². The van der Waals surface area contributed by atoms with E-state index >= 15 is 0 Å². The van der Waals surface area contributed by atoms with Gasteiger partial charge in [0.1, 0.15) is 17.8 Å². The average molecular weight is 469 g/mol. The highest BCUT2D eigenvalue weighted by Gasteiger charge is 2.69. The molecule has 2 aromatic heterocycles. The largest absolute Gasteiger partial charge is 0.493 e. The number of ether oxygens (including phenoxy) is 1. The molecule has 8 heteroatoms. The van der Waals surface area contributed by atoms with Crippen LogP contribution >= 0.6 is 0 Å². The molecule has 178 valence electrons. The van der Waals surface area contributed by atoms with Crippen molar-refractivity contribution in [3.05, 3.63) is 60.6 Å². The smallest absolute Gasteiger partial charge is 0.225 e. The Kier molecular flexibility index (Phi) is 4.89. The number of carbonyl (C=O) groups excluding carboxylic acids is 1. The Bertz CT molecular complexity index is 1450. The van der Waals surface area contributed by atoms with Crippen LogP contribution in [0.5, 0.6) is 5.75 Å². The number of piperidine rings is 1. The first-order chi connectivity index (χ1) is 16.9. The lowest BCUT2D eigenvalue weighted by molar-refractivity contribution is -0.124. The average Bonchev–Trinajstić information content (AvgIpc) is 3.29. The summed E-state index contributed by atoms with van der Waals surface area (Å²) < 4.78 is 7.89. The van der Waals surface area contributed by atoms with E-state index in [1.54, 1.807) is 6.33 Å². The summed E-state index contributed by atoms with van der Waals surface area (Å²) in [6.07, 6.45) is 4.39. The minimum absolute atomic E-state index is 0.147. The number of hydrogen-bond acceptors (Lipinski definition) is 6. The third kappa shape index (κ3) is 3.24. The predicted octanol–water partition coefficient (Wildman–Crippen LogP) is 3.57. The molecular weight excluding hydrogens is 440 g/mol. The van der Waals surface area contributed by atoms with Crippen molar-refractivity contribution in [1.82, 2.24) is 24.6 Å². The molecule has 2 aliphatic rings. The second-order valence-corrected chi connectivity index (χ2v) is 9.64. The molecule has 3 heterocycles. The number of benzene rings is 2. The summed E-state index contributed by atoms with van der Waals surface area (Å²) in [5.74, 6) is 0.793. The van der Waals surface area contributed by atoms with Crippen molar-refractivity contribution in [3.8, 4) is 28.3 Å². The Hall–Kier alpha value is -3.78. The fourth-order valence-corrected chi connectivity index (χ4v) is 5.99. The van der Waals surface area contributed by atoms with Gasteiger partial charge in [0, 0.05) is 47.9 Å². The van der Waals surface area contributed by atoms with Crippen LogP contribution in [0.4, 0.5) is 0 Å². The Morgan fingerprint density at radius 1 is 1.17 bits per heavy atom. The number of amides is 1. The van der Waals surface area contributed by atoms with Crippen molar-refractivity contribution in [3.63, 3.8) is 0 Å². The van der Waals surface area contributed by atoms with Gasteiger partial charge in [-0.25, -0.2) is 9.97 Å². The number of nitrogens with zero attached hydrogens (tertiary/aromatic N) is 5. The van der Waals surface area contributed by atoms with Crippen LogP contribution in [0.25, 0.3) is 33.4 Å². The summed E-state index contributed by atoms with van der Waals surface area (Å²) in [4.78, 5) is 24.1. The molecule has 1 amide bonds. The van der Waals surface area contributed by atoms with E-state index in [1.165, 1.54) is 0 Å². The second kappa shape index (κ2) is 7.88. The molecule has 8 nitrogen and oxygen atoms in total. The van der Waals surface area contributed by atoms with Gasteiger partial charge in [0.15, 0.2) is 0 Å². The number of fused-ring (bicyclic) bond motifs is 2. The van der Waals surface area contributed by atoms with Crippen molar-refractivity contribution >= 4 is 16.8 Å². The lowest BCUT2D eigenvalue weighted by atomic mass is 9.87. The van der Waals surface area contributed by atoms with Crippen LogP contribution in [0.15, 0.2) is 55.0 Å². The molecule has 4 aromatic rings. The van der Waals surface area contributed by atoms with E-state index < -0.39 is 5.41 Å². The third-order valence-electron chi connectivity index (χ3n) is 7.54. The van der Waals surface area contributed by atoms with E-state index in [4.69, 9.17) is 20.6 Å². The Morgan fingerprint density at radius 3 is 2.71 bits per heavy atom. The minimum atomic E-state index is -0.548. The normalized spacial score (nSPS) is 23.4. The zero-order chi connectivity index (χ0) is 24.3. The van der Waals surface area contributed by atoms with Crippen LogP contribution < -0.4 is 10.5 Å². The third-order valence-corrected chi connectivity index (χ3v) is 7.54. The van der Waals surface area contributed by atoms with E-state index in [2.05, 4.69) is 23.0 Å². The molecule has 2 fully saturated rings. The van der Waals surface area contributed by atoms with Gasteiger partial charge in [-0.15, -0.1) is 0 Å². The number of likely N-dealkylation sites (tertiary alicyclic amines) is 1. The van der Waals surface area contributed by atoms with Gasteiger partial charge in [0.2, 0.25) is 5.91 Å². The van der Waals surface area contributed by atoms with Crippen LogP contribution in [-0.4, -0.2) is 50.8 Å². The molecule has 2 aromatic carbocycles. The summed E-state index contributed by atoms with van der Waals surface area (Å²) in [6.45, 7) is 3.32. The number of nitrogens with two attached hydrogens (primary N) is 1. The summed E-state index contributed by atoms with van der Waals surface area (Å²) in [5.41, 5.74) is 10.8. The van der Waals surface area contributed by atoms with Crippen LogP contribution in [0, 0.1) is 11.3 Å². The first-order valence-corrected chi connectivity index (χ1v) is 11.9. The molecule has 1 aliphatic heterocycles. The fourth-order valence-electron chi connectivity index (χ4n) is 5.99. The van der Waals surface area contributed by atoms with Crippen LogP contribution in [0.2, 0.25) is 0 Å². The van der Waals surface area contributed by atoms with Crippen molar-refractivity contribution in [2.45, 2.75) is 19.4 Å². The quantitative estimate of drug-likeness (QED) is 0.464. The monoisotopic (exact) mass is 468 g/mol. The first-order valence-electron chi connectivity index (χ1n) is 11.9. The fraction of sp³-hybridized carbons (Fsp3) is 0.333. The minimum Gasteiger partial charge on any atom is -0.493 e. The summed E-state index contributed by atoms with van der Waals surface area (Å²) in [6, 6.07) is 14.0. The van der Waals surface area contributed by atoms with Crippen molar-refractivity contribution in [2.24, 2.45) is 24.1 Å². The molecule has 3 unspecified atom stereocenters. The van der Waals surface area contributed by atoms with E-state index in [0.29, 0.717) is 6.61 Å². The highest BCUT2D eigenvalue weighted by atomic mass is 16.5. The molecule has 0 bridgehead atoms. The summed E-state index contributed by atoms with van der Waals surface area (Å²) in [7, 11) is 3.97. The Morgan fingerprint density at radius 2 is 1.97 bits per heavy atom. The van der Waals surface area contributed by atoms with Gasteiger partial charge in [0.05, 0.1) is 29.3 Å². The molecule has 1 saturated heterocycles. The number of carbonyl (C=O) groups is 1. The Balaban J connectivity index is 1.58. The summed E-state index contributed by atoms with van der Waals surface area (Å²) >= 11 is 0. The van der Waals surface area contributed by atoms with Crippen molar-refractivity contribution in [1.29, 1.82) is 0 Å². The molecule has 2 N–H and O–H groups in total. The van der Waals surface area contributed by atoms with Gasteiger partial charge in [-0.05, 0) is 32.4 Å². The van der Waals surface area contributed by atoms with E-state index in [1.807, 2.05) is 61.2 Å². The van der Waals surface area contributed by atoms with Gasteiger partial charge >= 0.3 is 0 Å². The van der Waals surface area contributed by atoms with Gasteiger partial charge in [-0.1, -0.05) is 30.3 Å². The molecule has 0 spiro atoms. The molecule has 0 radical (unpaired) electrons. The zero-order valence-corrected chi connectivity index (χ0v) is 20.1. The summed E-state index contributed by atoms with van der Waals surface area (Å²) in [5, 5.41) is 5.63. The standard InChI is InChI=1S/C27H28N6O2/c1-4-35-22-11-21-18(10-19(22)25-27(26(28)34)12-17(27)13-32(25)2)24(30-15-29-21)20-14-33(3)31-23(20)16-8-6-5-7-9-16/h5-11,14-15,17,25H,4,12-13H2,1-3H3,(H2,28,34). The molecule has 35 heavy (non-hydrogen) atoms. The maximum absolute atomic E-state index is 12.6. The van der Waals surface area contributed by atoms with E-state index in [9.17, 15) is 4.79 Å². The zero-order valence-electron chi connectivity index (χ0n) is 20.1. The van der Waals surface area contributed by atoms with Crippen LogP contribution in [0.1, 0.15) is 24.9 Å². The van der Waals surface area contributed by atoms with Gasteiger partial charge < -0.3 is 10.5 Å². The number of aromatic nitrogens is 4. The predicted molar refractivity (Wildman–Crippen MR) is 133 cm³/mol. The van der Waals surface area contributed by atoms with Gasteiger partial charge in [0.25, 0.3) is 0 Å². The number of primary amides is 1. The molecule has 3 atom stereocenters. The highest BCUT2D eigenvalue weighted by molar-refractivity contribution is 5.97. The SMILES string of the molecule is CCOc1cc2ncnc(-c3cn(C)nc3-c3ccccc3)c2cc1C1N(C)CC2CC21C(N)=O. The topological polar surface area (TPSA) is 99.2 Å². The van der Waals surface area contributed by atoms with Crippen molar-refractivity contribution < 1.29 is 9.53 Å². The first kappa shape index (κ1) is 21.7. The van der Waals surface area contributed by atoms with Crippen LogP contribution in [-0.2, 0) is 11.8 Å². The maximum Gasteiger partial charge on any atom is 0.225 e. The second-order valence-electron chi connectivity index (χ2n) is 9.64. The number of rotatable bonds is 6. The van der Waals surface area contributed by atoms with Crippen molar-refractivity contribution in [2.75, 3.05) is 20.2 Å². The molecule has 1 saturated carbocycles. The molecular formula is C27H28N6O2. The van der Waals surface area contributed by atoms with E-state index in [-0.39, 0.29) is 17.9 Å². The number of aryl methyl sites for hydroxylation is 1. The lowest BCUT2D eigenvalue weighted by Crippen LogP contribution is -2.35. The highest BCUT2D eigenvalue weighted by Crippen LogP contribution is 2.67. The van der Waals surface area contributed by atoms with Gasteiger partial charge in [-0.2, -0.15) is 5.10 Å². The molecule has 6 rings (SSSR count). The Labute approximate surface area is 203 Å². The number of hydrogen-bond donors (Lipinski definition) is 1. The molecule has 1 aliphatic carbocycles. The van der Waals surface area contributed by atoms with Gasteiger partial charge in [-0.3, -0.25) is 14.4 Å².